The SMILES string of the molecule is COc1cc(C(=O)NCc2c(C)nn(Cc3ccccc3)c2C)cc(OC)c1C. The standard InChI is InChI=1S/C23H27N3O3/c1-15-21(28-4)11-19(12-22(15)29-5)23(27)24-13-20-16(2)25-26(17(20)3)14-18-9-7-6-8-10-18/h6-12H,13-14H2,1-5H3,(H,24,27). The van der Waals surface area contributed by atoms with Gasteiger partial charge in [-0.2, -0.15) is 5.10 Å². The third-order valence-electron chi connectivity index (χ3n) is 5.15. The number of nitrogens with one attached hydrogen (secondary N) is 1. The topological polar surface area (TPSA) is 65.4 Å². The van der Waals surface area contributed by atoms with E-state index in [0.717, 1.165) is 22.5 Å². The summed E-state index contributed by atoms with van der Waals surface area (Å²) in [6.45, 7) is 7.00. The predicted molar refractivity (Wildman–Crippen MR) is 113 cm³/mol. The number of carbonyl (C=O) groups excluding carboxylic acids is 1. The molecule has 3 aromatic rings. The van der Waals surface area contributed by atoms with Crippen LogP contribution in [0, 0.1) is 20.8 Å². The van der Waals surface area contributed by atoms with Crippen molar-refractivity contribution in [3.05, 3.63) is 76.1 Å². The molecule has 152 valence electrons. The van der Waals surface area contributed by atoms with E-state index >= 15 is 0 Å². The lowest BCUT2D eigenvalue weighted by Gasteiger charge is -2.13. The van der Waals surface area contributed by atoms with Crippen molar-refractivity contribution in [2.75, 3.05) is 14.2 Å². The van der Waals surface area contributed by atoms with E-state index in [2.05, 4.69) is 22.5 Å². The molecule has 0 aliphatic carbocycles. The Kier molecular flexibility index (Phi) is 6.22. The van der Waals surface area contributed by atoms with Crippen LogP contribution in [0.5, 0.6) is 11.5 Å². The van der Waals surface area contributed by atoms with Gasteiger partial charge in [0.05, 0.1) is 26.5 Å². The first-order valence-electron chi connectivity index (χ1n) is 9.52. The van der Waals surface area contributed by atoms with Gasteiger partial charge < -0.3 is 14.8 Å². The molecule has 1 heterocycles. The van der Waals surface area contributed by atoms with Gasteiger partial charge in [-0.1, -0.05) is 30.3 Å². The molecule has 0 unspecified atom stereocenters. The molecular formula is C23H27N3O3. The molecule has 0 spiro atoms. The molecule has 0 atom stereocenters. The van der Waals surface area contributed by atoms with Crippen LogP contribution < -0.4 is 14.8 Å². The van der Waals surface area contributed by atoms with Crippen LogP contribution in [0.3, 0.4) is 0 Å². The maximum Gasteiger partial charge on any atom is 0.251 e. The Balaban J connectivity index is 1.76. The maximum atomic E-state index is 12.7. The number of nitrogens with zero attached hydrogens (tertiary/aromatic N) is 2. The van der Waals surface area contributed by atoms with Crippen LogP contribution in [0.15, 0.2) is 42.5 Å². The first-order valence-corrected chi connectivity index (χ1v) is 9.52. The number of methoxy groups -OCH3 is 2. The Hall–Kier alpha value is -3.28. The summed E-state index contributed by atoms with van der Waals surface area (Å²) in [5, 5.41) is 7.64. The van der Waals surface area contributed by atoms with Crippen LogP contribution in [0.2, 0.25) is 0 Å². The smallest absolute Gasteiger partial charge is 0.251 e. The number of amides is 1. The summed E-state index contributed by atoms with van der Waals surface area (Å²) < 4.78 is 12.7. The third kappa shape index (κ3) is 4.42. The van der Waals surface area contributed by atoms with Crippen molar-refractivity contribution >= 4 is 5.91 Å². The summed E-state index contributed by atoms with van der Waals surface area (Å²) in [5.41, 5.74) is 5.54. The quantitative estimate of drug-likeness (QED) is 0.663. The summed E-state index contributed by atoms with van der Waals surface area (Å²) in [7, 11) is 3.16. The second-order valence-corrected chi connectivity index (χ2v) is 6.98. The number of rotatable bonds is 7. The first kappa shape index (κ1) is 20.5. The molecule has 0 aliphatic rings. The van der Waals surface area contributed by atoms with E-state index in [1.807, 2.05) is 43.7 Å². The zero-order chi connectivity index (χ0) is 21.0. The van der Waals surface area contributed by atoms with Gasteiger partial charge in [-0.3, -0.25) is 9.48 Å². The highest BCUT2D eigenvalue weighted by molar-refractivity contribution is 5.95. The molecule has 1 aromatic heterocycles. The largest absolute Gasteiger partial charge is 0.496 e. The molecule has 6 heteroatoms. The Morgan fingerprint density at radius 1 is 1.03 bits per heavy atom. The molecule has 0 aliphatic heterocycles. The van der Waals surface area contributed by atoms with Crippen molar-refractivity contribution in [1.82, 2.24) is 15.1 Å². The van der Waals surface area contributed by atoms with E-state index in [1.165, 1.54) is 5.56 Å². The van der Waals surface area contributed by atoms with Crippen molar-refractivity contribution < 1.29 is 14.3 Å². The number of hydrogen-bond donors (Lipinski definition) is 1. The van der Waals surface area contributed by atoms with E-state index in [0.29, 0.717) is 30.2 Å². The van der Waals surface area contributed by atoms with Gasteiger partial charge >= 0.3 is 0 Å². The zero-order valence-electron chi connectivity index (χ0n) is 17.6. The van der Waals surface area contributed by atoms with Crippen molar-refractivity contribution in [2.45, 2.75) is 33.9 Å². The number of carbonyl (C=O) groups is 1. The van der Waals surface area contributed by atoms with Gasteiger partial charge in [0.1, 0.15) is 11.5 Å². The molecular weight excluding hydrogens is 366 g/mol. The van der Waals surface area contributed by atoms with E-state index in [4.69, 9.17) is 9.47 Å². The number of aryl methyl sites for hydroxylation is 1. The predicted octanol–water partition coefficient (Wildman–Crippen LogP) is 3.80. The highest BCUT2D eigenvalue weighted by Crippen LogP contribution is 2.29. The van der Waals surface area contributed by atoms with Crippen LogP contribution in [0.1, 0.15) is 38.4 Å². The zero-order valence-corrected chi connectivity index (χ0v) is 17.6. The Labute approximate surface area is 171 Å². The van der Waals surface area contributed by atoms with Gasteiger partial charge in [0, 0.05) is 28.9 Å². The summed E-state index contributed by atoms with van der Waals surface area (Å²) in [5.74, 6) is 1.06. The van der Waals surface area contributed by atoms with Gasteiger partial charge in [0.25, 0.3) is 5.91 Å². The number of ether oxygens (including phenoxy) is 2. The molecule has 0 bridgehead atoms. The molecule has 1 N–H and O–H groups in total. The van der Waals surface area contributed by atoms with E-state index in [9.17, 15) is 4.79 Å². The highest BCUT2D eigenvalue weighted by atomic mass is 16.5. The van der Waals surface area contributed by atoms with Gasteiger partial charge in [-0.25, -0.2) is 0 Å². The molecule has 6 nitrogen and oxygen atoms in total. The van der Waals surface area contributed by atoms with Gasteiger partial charge in [-0.15, -0.1) is 0 Å². The molecule has 0 radical (unpaired) electrons. The second kappa shape index (κ2) is 8.82. The fraction of sp³-hybridized carbons (Fsp3) is 0.304. The van der Waals surface area contributed by atoms with Crippen molar-refractivity contribution in [1.29, 1.82) is 0 Å². The van der Waals surface area contributed by atoms with Crippen molar-refractivity contribution in [2.24, 2.45) is 0 Å². The van der Waals surface area contributed by atoms with Crippen molar-refractivity contribution in [3.8, 4) is 11.5 Å². The minimum Gasteiger partial charge on any atom is -0.496 e. The van der Waals surface area contributed by atoms with Gasteiger partial charge in [0.15, 0.2) is 0 Å². The molecule has 0 saturated heterocycles. The fourth-order valence-corrected chi connectivity index (χ4v) is 3.39. The normalized spacial score (nSPS) is 10.7. The number of benzene rings is 2. The first-order chi connectivity index (χ1) is 13.9. The minimum absolute atomic E-state index is 0.184. The van der Waals surface area contributed by atoms with Crippen LogP contribution in [-0.4, -0.2) is 29.9 Å². The summed E-state index contributed by atoms with van der Waals surface area (Å²) in [6, 6.07) is 13.7. The van der Waals surface area contributed by atoms with Crippen LogP contribution in [0.4, 0.5) is 0 Å². The molecule has 3 rings (SSSR count). The lowest BCUT2D eigenvalue weighted by atomic mass is 10.1. The van der Waals surface area contributed by atoms with E-state index < -0.39 is 0 Å². The summed E-state index contributed by atoms with van der Waals surface area (Å²) in [6.07, 6.45) is 0. The highest BCUT2D eigenvalue weighted by Gasteiger charge is 2.16. The minimum atomic E-state index is -0.184. The average molecular weight is 393 g/mol. The Bertz CT molecular complexity index is 985. The molecule has 0 saturated carbocycles. The second-order valence-electron chi connectivity index (χ2n) is 6.98. The monoisotopic (exact) mass is 393 g/mol. The van der Waals surface area contributed by atoms with Gasteiger partial charge in [-0.05, 0) is 38.5 Å². The van der Waals surface area contributed by atoms with Gasteiger partial charge in [0.2, 0.25) is 0 Å². The fourth-order valence-electron chi connectivity index (χ4n) is 3.39. The van der Waals surface area contributed by atoms with E-state index in [-0.39, 0.29) is 5.91 Å². The lowest BCUT2D eigenvalue weighted by molar-refractivity contribution is 0.0950. The summed E-state index contributed by atoms with van der Waals surface area (Å²) >= 11 is 0. The molecule has 2 aromatic carbocycles. The van der Waals surface area contributed by atoms with Crippen LogP contribution in [-0.2, 0) is 13.1 Å². The summed E-state index contributed by atoms with van der Waals surface area (Å²) in [4.78, 5) is 12.7. The van der Waals surface area contributed by atoms with Crippen molar-refractivity contribution in [3.63, 3.8) is 0 Å². The lowest BCUT2D eigenvalue weighted by Crippen LogP contribution is -2.23. The van der Waals surface area contributed by atoms with E-state index in [1.54, 1.807) is 26.4 Å². The average Bonchev–Trinajstić information content (AvgIpc) is 2.99. The number of hydrogen-bond acceptors (Lipinski definition) is 4. The maximum absolute atomic E-state index is 12.7. The third-order valence-corrected chi connectivity index (χ3v) is 5.15. The molecule has 1 amide bonds. The number of aromatic nitrogens is 2. The van der Waals surface area contributed by atoms with Crippen LogP contribution >= 0.6 is 0 Å². The Morgan fingerprint density at radius 3 is 2.24 bits per heavy atom. The Morgan fingerprint density at radius 2 is 1.66 bits per heavy atom. The molecule has 0 fully saturated rings. The molecule has 29 heavy (non-hydrogen) atoms. The van der Waals surface area contributed by atoms with Crippen LogP contribution in [0.25, 0.3) is 0 Å².